The molecule has 0 unspecified atom stereocenters. The maximum atomic E-state index is 3.66. The molecule has 0 saturated heterocycles. The average molecular weight is 222 g/mol. The van der Waals surface area contributed by atoms with Crippen LogP contribution in [-0.2, 0) is 0 Å². The second-order valence-corrected chi connectivity index (χ2v) is 2.04. The summed E-state index contributed by atoms with van der Waals surface area (Å²) in [6.45, 7) is 7.82. The molecule has 1 aliphatic heterocycles. The van der Waals surface area contributed by atoms with E-state index in [-0.39, 0.29) is 23.1 Å². The van der Waals surface area contributed by atoms with Crippen molar-refractivity contribution in [2.24, 2.45) is 0 Å². The topological polar surface area (TPSA) is 41.5 Å². The first-order valence-electron chi connectivity index (χ1n) is 3.17. The van der Waals surface area contributed by atoms with Crippen molar-refractivity contribution in [2.45, 2.75) is 6.92 Å². The average Bonchev–Trinajstić information content (AvgIpc) is 2.34. The van der Waals surface area contributed by atoms with E-state index in [2.05, 4.69) is 24.6 Å². The van der Waals surface area contributed by atoms with Crippen LogP contribution in [0.25, 0.3) is 0 Å². The van der Waals surface area contributed by atoms with Crippen LogP contribution in [0.5, 0.6) is 0 Å². The lowest BCUT2D eigenvalue weighted by Crippen LogP contribution is -2.20. The van der Waals surface area contributed by atoms with E-state index in [1.165, 1.54) is 0 Å². The largest absolute Gasteiger partial charge is 0.359 e. The van der Waals surface area contributed by atoms with Crippen LogP contribution in [0.1, 0.15) is 6.92 Å². The molecule has 0 amide bonds. The molecule has 0 bridgehead atoms. The van der Waals surface area contributed by atoms with Crippen molar-refractivity contribution < 1.29 is 0 Å². The molecule has 11 heavy (non-hydrogen) atoms. The van der Waals surface area contributed by atoms with Crippen molar-refractivity contribution in [3.63, 3.8) is 0 Å². The van der Waals surface area contributed by atoms with Gasteiger partial charge in [0.25, 0.3) is 0 Å². The van der Waals surface area contributed by atoms with Crippen molar-refractivity contribution in [1.82, 2.24) is 16.0 Å². The highest BCUT2D eigenvalue weighted by Gasteiger charge is 2.05. The van der Waals surface area contributed by atoms with Gasteiger partial charge in [-0.2, -0.15) is 0 Å². The van der Waals surface area contributed by atoms with Gasteiger partial charge in [0.15, 0.2) is 0 Å². The van der Waals surface area contributed by atoms with E-state index in [4.69, 9.17) is 0 Å². The fraction of sp³-hybridized carbons (Fsp3) is 0.429. The van der Waals surface area contributed by atoms with Crippen LogP contribution in [0.3, 0.4) is 0 Å². The van der Waals surface area contributed by atoms with Gasteiger partial charge in [-0.15, -0.1) is 17.0 Å². The first-order chi connectivity index (χ1) is 4.36. The van der Waals surface area contributed by atoms with E-state index in [1.54, 1.807) is 0 Å². The van der Waals surface area contributed by atoms with Gasteiger partial charge in [0.05, 0.1) is 6.67 Å². The molecule has 3 N–H and O–H groups in total. The van der Waals surface area contributed by atoms with Crippen molar-refractivity contribution in [2.75, 3.05) is 13.2 Å². The van der Waals surface area contributed by atoms with Crippen LogP contribution in [0, 0.1) is 0 Å². The van der Waals surface area contributed by atoms with Gasteiger partial charge < -0.3 is 16.0 Å². The van der Waals surface area contributed by atoms with E-state index < -0.39 is 0 Å². The smallest absolute Gasteiger partial charge is 0.0935 e. The minimum Gasteiger partial charge on any atom is -0.359 e. The zero-order valence-corrected chi connectivity index (χ0v) is 8.58. The van der Waals surface area contributed by atoms with Crippen LogP contribution >= 0.6 is 17.0 Å². The van der Waals surface area contributed by atoms with Crippen molar-refractivity contribution in [3.8, 4) is 0 Å². The molecule has 0 spiro atoms. The van der Waals surface area contributed by atoms with Crippen LogP contribution < -0.4 is 6.15 Å². The highest BCUT2D eigenvalue weighted by molar-refractivity contribution is 8.93. The van der Waals surface area contributed by atoms with Gasteiger partial charge in [0.2, 0.25) is 0 Å². The molecule has 0 saturated carbocycles. The third kappa shape index (κ3) is 3.43. The van der Waals surface area contributed by atoms with E-state index in [0.717, 1.165) is 13.2 Å². The first kappa shape index (κ1) is 13.1. The summed E-state index contributed by atoms with van der Waals surface area (Å²) >= 11 is 0. The predicted molar refractivity (Wildman–Crippen MR) is 53.8 cm³/mol. The van der Waals surface area contributed by atoms with Gasteiger partial charge in [-0.3, -0.25) is 0 Å². The van der Waals surface area contributed by atoms with Crippen molar-refractivity contribution in [1.29, 1.82) is 0 Å². The summed E-state index contributed by atoms with van der Waals surface area (Å²) in [5.74, 6) is 0. The Morgan fingerprint density at radius 1 is 1.55 bits per heavy atom. The summed E-state index contributed by atoms with van der Waals surface area (Å²) in [6.07, 6.45) is 5.92. The highest BCUT2D eigenvalue weighted by Crippen LogP contribution is 2.04. The molecule has 1 rings (SSSR count). The Hall–Kier alpha value is -0.480. The maximum Gasteiger partial charge on any atom is 0.0935 e. The molecule has 66 valence electrons. The molecule has 0 atom stereocenters. The Morgan fingerprint density at radius 3 is 2.45 bits per heavy atom. The second-order valence-electron chi connectivity index (χ2n) is 2.04. The lowest BCUT2D eigenvalue weighted by molar-refractivity contribution is 0.328. The van der Waals surface area contributed by atoms with E-state index in [9.17, 15) is 0 Å². The number of nitrogens with zero attached hydrogens (tertiary/aromatic N) is 2. The van der Waals surface area contributed by atoms with Gasteiger partial charge >= 0.3 is 0 Å². The summed E-state index contributed by atoms with van der Waals surface area (Å²) < 4.78 is 0. The number of halogens is 1. The molecule has 0 aromatic rings. The molecule has 4 heteroatoms. The Labute approximate surface area is 78.7 Å². The normalized spacial score (nSPS) is 13.9. The minimum absolute atomic E-state index is 0. The lowest BCUT2D eigenvalue weighted by Gasteiger charge is -2.15. The summed E-state index contributed by atoms with van der Waals surface area (Å²) in [6, 6.07) is 0. The number of rotatable bonds is 2. The van der Waals surface area contributed by atoms with Gasteiger partial charge in [0.1, 0.15) is 0 Å². The zero-order chi connectivity index (χ0) is 6.69. The third-order valence-corrected chi connectivity index (χ3v) is 1.45. The second kappa shape index (κ2) is 6.24. The van der Waals surface area contributed by atoms with Crippen LogP contribution in [0.15, 0.2) is 25.2 Å². The van der Waals surface area contributed by atoms with Crippen molar-refractivity contribution >= 4 is 17.0 Å². The lowest BCUT2D eigenvalue weighted by atomic mass is 10.6. The monoisotopic (exact) mass is 221 g/mol. The molecule has 3 nitrogen and oxygen atoms in total. The number of hydrogen-bond donors (Lipinski definition) is 1. The summed E-state index contributed by atoms with van der Waals surface area (Å²) in [7, 11) is 0. The standard InChI is InChI=1S/C7H12N2.BrH.H3N/c1-3-8-5-6-9(4-2)7-8;;/h3,5-6H,1,4,7H2,2H3;1H;1H3. The molecule has 1 aliphatic rings. The first-order valence-corrected chi connectivity index (χ1v) is 3.17. The van der Waals surface area contributed by atoms with Gasteiger partial charge in [-0.25, -0.2) is 0 Å². The summed E-state index contributed by atoms with van der Waals surface area (Å²) in [4.78, 5) is 4.26. The Balaban J connectivity index is 0. The molecule has 0 aliphatic carbocycles. The van der Waals surface area contributed by atoms with Crippen LogP contribution in [-0.4, -0.2) is 23.0 Å². The molecule has 0 aromatic heterocycles. The van der Waals surface area contributed by atoms with E-state index in [0.29, 0.717) is 0 Å². The van der Waals surface area contributed by atoms with Gasteiger partial charge in [-0.05, 0) is 13.1 Å². The Kier molecular flexibility index (Phi) is 7.46. The SMILES string of the molecule is Br.C=CN1C=CN(CC)C1.N. The molecule has 1 heterocycles. The molecular formula is C7H16BrN3. The Morgan fingerprint density at radius 2 is 2.18 bits per heavy atom. The van der Waals surface area contributed by atoms with E-state index in [1.807, 2.05) is 17.3 Å². The van der Waals surface area contributed by atoms with E-state index >= 15 is 0 Å². The van der Waals surface area contributed by atoms with Gasteiger partial charge in [-0.1, -0.05) is 6.58 Å². The maximum absolute atomic E-state index is 3.66. The van der Waals surface area contributed by atoms with Crippen molar-refractivity contribution in [3.05, 3.63) is 25.2 Å². The number of hydrogen-bond acceptors (Lipinski definition) is 3. The summed E-state index contributed by atoms with van der Waals surface area (Å²) in [5, 5.41) is 0. The highest BCUT2D eigenvalue weighted by atomic mass is 79.9. The molecular weight excluding hydrogens is 206 g/mol. The molecule has 0 fully saturated rings. The fourth-order valence-electron chi connectivity index (χ4n) is 0.808. The van der Waals surface area contributed by atoms with Crippen LogP contribution in [0.2, 0.25) is 0 Å². The van der Waals surface area contributed by atoms with Gasteiger partial charge in [0, 0.05) is 18.9 Å². The summed E-state index contributed by atoms with van der Waals surface area (Å²) in [5.41, 5.74) is 0. The van der Waals surface area contributed by atoms with Crippen LogP contribution in [0.4, 0.5) is 0 Å². The predicted octanol–water partition coefficient (Wildman–Crippen LogP) is 1.94. The minimum atomic E-state index is 0. The zero-order valence-electron chi connectivity index (χ0n) is 6.86. The molecule has 0 aromatic carbocycles. The third-order valence-electron chi connectivity index (χ3n) is 1.45. The quantitative estimate of drug-likeness (QED) is 0.776. The Bertz CT molecular complexity index is 136. The fourth-order valence-corrected chi connectivity index (χ4v) is 0.808. The molecule has 0 radical (unpaired) electrons.